The zero-order chi connectivity index (χ0) is 18.5. The predicted molar refractivity (Wildman–Crippen MR) is 98.5 cm³/mol. The quantitative estimate of drug-likeness (QED) is 0.673. The summed E-state index contributed by atoms with van der Waals surface area (Å²) in [6.45, 7) is 4.03. The van der Waals surface area contributed by atoms with Gasteiger partial charge in [-0.05, 0) is 32.1 Å². The number of alkyl halides is 3. The standard InChI is InChI=1S/C19H20F3N3S/c1-11-3-6-13(7-4-11)15-10-26-18(23-15)25-16-8-5-12(2)9-14(16)17(24-25)19(20,21)22/h3-4,6-7,10,12,14,16H,5,8-9H2,1-2H3/t12-,14-,16-/m1/s1. The van der Waals surface area contributed by atoms with Crippen molar-refractivity contribution in [3.05, 3.63) is 35.2 Å². The molecule has 1 aliphatic carbocycles. The van der Waals surface area contributed by atoms with Crippen LogP contribution in [-0.2, 0) is 0 Å². The molecule has 0 radical (unpaired) electrons. The Morgan fingerprint density at radius 1 is 1.15 bits per heavy atom. The summed E-state index contributed by atoms with van der Waals surface area (Å²) < 4.78 is 40.4. The summed E-state index contributed by atoms with van der Waals surface area (Å²) in [6.07, 6.45) is -2.20. The van der Waals surface area contributed by atoms with Crippen LogP contribution in [0.5, 0.6) is 0 Å². The zero-order valence-electron chi connectivity index (χ0n) is 14.6. The van der Waals surface area contributed by atoms with Crippen molar-refractivity contribution in [1.29, 1.82) is 0 Å². The Labute approximate surface area is 154 Å². The lowest BCUT2D eigenvalue weighted by Crippen LogP contribution is -2.40. The van der Waals surface area contributed by atoms with Crippen LogP contribution >= 0.6 is 11.3 Å². The highest BCUT2D eigenvalue weighted by Crippen LogP contribution is 2.44. The zero-order valence-corrected chi connectivity index (χ0v) is 15.4. The fourth-order valence-electron chi connectivity index (χ4n) is 3.89. The van der Waals surface area contributed by atoms with Crippen LogP contribution in [0, 0.1) is 18.8 Å². The molecular formula is C19H20F3N3S. The molecule has 1 fully saturated rings. The van der Waals surface area contributed by atoms with Gasteiger partial charge in [0.25, 0.3) is 0 Å². The van der Waals surface area contributed by atoms with Gasteiger partial charge in [0.15, 0.2) is 0 Å². The molecule has 3 nitrogen and oxygen atoms in total. The minimum Gasteiger partial charge on any atom is -0.235 e. The Morgan fingerprint density at radius 3 is 2.58 bits per heavy atom. The van der Waals surface area contributed by atoms with E-state index < -0.39 is 17.8 Å². The van der Waals surface area contributed by atoms with Gasteiger partial charge in [0.1, 0.15) is 5.71 Å². The number of hydrogen-bond donors (Lipinski definition) is 0. The number of thiazole rings is 1. The Morgan fingerprint density at radius 2 is 1.88 bits per heavy atom. The number of hydrogen-bond acceptors (Lipinski definition) is 4. The molecule has 3 atom stereocenters. The molecule has 2 heterocycles. The molecule has 4 rings (SSSR count). The Hall–Kier alpha value is -1.89. The molecule has 0 amide bonds. The van der Waals surface area contributed by atoms with Crippen molar-refractivity contribution in [3.8, 4) is 11.3 Å². The molecular weight excluding hydrogens is 359 g/mol. The van der Waals surface area contributed by atoms with Crippen LogP contribution in [0.3, 0.4) is 0 Å². The lowest BCUT2D eigenvalue weighted by atomic mass is 9.77. The summed E-state index contributed by atoms with van der Waals surface area (Å²) in [5, 5.41) is 7.97. The first-order chi connectivity index (χ1) is 12.3. The third kappa shape index (κ3) is 3.13. The number of fused-ring (bicyclic) bond motifs is 1. The largest absolute Gasteiger partial charge is 0.431 e. The van der Waals surface area contributed by atoms with Gasteiger partial charge in [-0.1, -0.05) is 36.8 Å². The lowest BCUT2D eigenvalue weighted by Gasteiger charge is -2.33. The average molecular weight is 379 g/mol. The van der Waals surface area contributed by atoms with Gasteiger partial charge in [-0.3, -0.25) is 0 Å². The molecule has 138 valence electrons. The number of benzene rings is 1. The van der Waals surface area contributed by atoms with E-state index >= 15 is 0 Å². The van der Waals surface area contributed by atoms with Crippen molar-refractivity contribution in [3.63, 3.8) is 0 Å². The van der Waals surface area contributed by atoms with Crippen LogP contribution in [-0.4, -0.2) is 22.9 Å². The van der Waals surface area contributed by atoms with E-state index in [0.717, 1.165) is 23.2 Å². The van der Waals surface area contributed by atoms with Crippen LogP contribution < -0.4 is 5.01 Å². The molecule has 1 aliphatic heterocycles. The number of aromatic nitrogens is 1. The molecule has 0 spiro atoms. The fourth-order valence-corrected chi connectivity index (χ4v) is 4.73. The maximum absolute atomic E-state index is 13.5. The fraction of sp³-hybridized carbons (Fsp3) is 0.474. The molecule has 0 unspecified atom stereocenters. The Balaban J connectivity index is 1.66. The Bertz CT molecular complexity index is 825. The van der Waals surface area contributed by atoms with Crippen molar-refractivity contribution < 1.29 is 13.2 Å². The summed E-state index contributed by atoms with van der Waals surface area (Å²) in [6, 6.07) is 7.73. The smallest absolute Gasteiger partial charge is 0.235 e. The maximum atomic E-state index is 13.5. The minimum absolute atomic E-state index is 0.236. The number of halogens is 3. The van der Waals surface area contributed by atoms with E-state index in [1.54, 1.807) is 0 Å². The van der Waals surface area contributed by atoms with Crippen molar-refractivity contribution in [2.75, 3.05) is 5.01 Å². The minimum atomic E-state index is -4.38. The number of hydrazone groups is 1. The van der Waals surface area contributed by atoms with E-state index in [1.807, 2.05) is 43.5 Å². The van der Waals surface area contributed by atoms with Gasteiger partial charge in [0.2, 0.25) is 5.13 Å². The third-order valence-electron chi connectivity index (χ3n) is 5.28. The number of rotatable bonds is 2. The van der Waals surface area contributed by atoms with Crippen molar-refractivity contribution in [2.24, 2.45) is 16.9 Å². The van der Waals surface area contributed by atoms with Crippen molar-refractivity contribution in [1.82, 2.24) is 4.98 Å². The SMILES string of the molecule is Cc1ccc(-c2csc(N3N=C(C(F)(F)F)[C@@H]4C[C@H](C)CC[C@H]43)n2)cc1. The highest BCUT2D eigenvalue weighted by atomic mass is 32.1. The van der Waals surface area contributed by atoms with Gasteiger partial charge in [-0.25, -0.2) is 9.99 Å². The molecule has 2 aliphatic rings. The van der Waals surface area contributed by atoms with E-state index in [4.69, 9.17) is 0 Å². The molecule has 1 aromatic carbocycles. The second-order valence-electron chi connectivity index (χ2n) is 7.30. The summed E-state index contributed by atoms with van der Waals surface area (Å²) in [7, 11) is 0. The monoisotopic (exact) mass is 379 g/mol. The first kappa shape index (κ1) is 17.5. The van der Waals surface area contributed by atoms with Gasteiger partial charge >= 0.3 is 6.18 Å². The average Bonchev–Trinajstić information content (AvgIpc) is 3.19. The molecule has 7 heteroatoms. The highest BCUT2D eigenvalue weighted by molar-refractivity contribution is 7.14. The first-order valence-corrected chi connectivity index (χ1v) is 9.68. The van der Waals surface area contributed by atoms with Crippen LogP contribution in [0.1, 0.15) is 31.7 Å². The van der Waals surface area contributed by atoms with Crippen LogP contribution in [0.15, 0.2) is 34.7 Å². The number of aryl methyl sites for hydroxylation is 1. The number of anilines is 1. The number of nitrogens with zero attached hydrogens (tertiary/aromatic N) is 3. The molecule has 0 bridgehead atoms. The Kier molecular flexibility index (Phi) is 4.29. The van der Waals surface area contributed by atoms with Gasteiger partial charge in [-0.2, -0.15) is 18.3 Å². The molecule has 26 heavy (non-hydrogen) atoms. The summed E-state index contributed by atoms with van der Waals surface area (Å²) in [5.74, 6) is -0.256. The molecule has 1 saturated carbocycles. The summed E-state index contributed by atoms with van der Waals surface area (Å²) >= 11 is 1.36. The van der Waals surface area contributed by atoms with E-state index in [1.165, 1.54) is 16.3 Å². The van der Waals surface area contributed by atoms with Crippen LogP contribution in [0.2, 0.25) is 0 Å². The van der Waals surface area contributed by atoms with E-state index in [2.05, 4.69) is 10.1 Å². The predicted octanol–water partition coefficient (Wildman–Crippen LogP) is 5.66. The molecule has 1 aromatic heterocycles. The van der Waals surface area contributed by atoms with Gasteiger partial charge in [0, 0.05) is 16.9 Å². The summed E-state index contributed by atoms with van der Waals surface area (Å²) in [5.41, 5.74) is 2.26. The van der Waals surface area contributed by atoms with E-state index in [9.17, 15) is 13.2 Å². The van der Waals surface area contributed by atoms with Gasteiger partial charge in [0.05, 0.1) is 11.7 Å². The van der Waals surface area contributed by atoms with E-state index in [0.29, 0.717) is 23.9 Å². The summed E-state index contributed by atoms with van der Waals surface area (Å²) in [4.78, 5) is 4.59. The normalized spacial score (nSPS) is 26.0. The second kappa shape index (κ2) is 6.37. The molecule has 0 N–H and O–H groups in total. The third-order valence-corrected chi connectivity index (χ3v) is 6.11. The second-order valence-corrected chi connectivity index (χ2v) is 8.14. The maximum Gasteiger partial charge on any atom is 0.431 e. The molecule has 2 aromatic rings. The van der Waals surface area contributed by atoms with Crippen LogP contribution in [0.4, 0.5) is 18.3 Å². The van der Waals surface area contributed by atoms with Crippen molar-refractivity contribution in [2.45, 2.75) is 45.3 Å². The van der Waals surface area contributed by atoms with Crippen molar-refractivity contribution >= 4 is 22.2 Å². The lowest BCUT2D eigenvalue weighted by molar-refractivity contribution is -0.0631. The highest BCUT2D eigenvalue weighted by Gasteiger charge is 2.52. The first-order valence-electron chi connectivity index (χ1n) is 8.80. The van der Waals surface area contributed by atoms with Gasteiger partial charge in [-0.15, -0.1) is 11.3 Å². The molecule has 0 saturated heterocycles. The van der Waals surface area contributed by atoms with E-state index in [-0.39, 0.29) is 6.04 Å². The van der Waals surface area contributed by atoms with Crippen LogP contribution in [0.25, 0.3) is 11.3 Å². The van der Waals surface area contributed by atoms with Gasteiger partial charge < -0.3 is 0 Å². The topological polar surface area (TPSA) is 28.5 Å².